The van der Waals surface area contributed by atoms with Crippen LogP contribution in [0, 0.1) is 11.8 Å². The number of nitrogens with zero attached hydrogens (tertiary/aromatic N) is 3. The maximum absolute atomic E-state index is 5.45. The molecule has 0 aromatic carbocycles. The lowest BCUT2D eigenvalue weighted by Gasteiger charge is -2.30. The van der Waals surface area contributed by atoms with Gasteiger partial charge in [0.05, 0.1) is 19.8 Å². The first-order chi connectivity index (χ1) is 10.7. The van der Waals surface area contributed by atoms with Gasteiger partial charge in [-0.1, -0.05) is 6.92 Å². The summed E-state index contributed by atoms with van der Waals surface area (Å²) >= 11 is 0. The fourth-order valence-electron chi connectivity index (χ4n) is 3.14. The third-order valence-corrected chi connectivity index (χ3v) is 4.41. The van der Waals surface area contributed by atoms with Crippen molar-refractivity contribution in [2.45, 2.75) is 13.3 Å². The first-order valence-corrected chi connectivity index (χ1v) is 8.48. The Balaban J connectivity index is 0.00000264. The average molecular weight is 440 g/mol. The Morgan fingerprint density at radius 3 is 2.65 bits per heavy atom. The zero-order valence-corrected chi connectivity index (χ0v) is 17.1. The zero-order valence-electron chi connectivity index (χ0n) is 14.8. The van der Waals surface area contributed by atoms with Gasteiger partial charge in [0.2, 0.25) is 0 Å². The maximum Gasteiger partial charge on any atom is 0.193 e. The van der Waals surface area contributed by atoms with Crippen LogP contribution in [0.4, 0.5) is 0 Å². The molecule has 2 fully saturated rings. The summed E-state index contributed by atoms with van der Waals surface area (Å²) in [4.78, 5) is 9.11. The van der Waals surface area contributed by atoms with Crippen molar-refractivity contribution in [2.75, 3.05) is 73.2 Å². The Kier molecular flexibility index (Phi) is 10.4. The second kappa shape index (κ2) is 11.4. The van der Waals surface area contributed by atoms with Crippen LogP contribution >= 0.6 is 24.0 Å². The SMILES string of the molecule is CN=C(NCC(C)CN1CCOCC1)N(C)CC1CCOC1.I. The molecule has 2 heterocycles. The van der Waals surface area contributed by atoms with Gasteiger partial charge in [0.15, 0.2) is 5.96 Å². The predicted octanol–water partition coefficient (Wildman–Crippen LogP) is 1.12. The van der Waals surface area contributed by atoms with Crippen molar-refractivity contribution < 1.29 is 9.47 Å². The Labute approximate surface area is 158 Å². The molecule has 0 aliphatic carbocycles. The minimum atomic E-state index is 0. The standard InChI is InChI=1S/C16H32N4O2.HI/c1-14(11-20-5-8-21-9-6-20)10-18-16(17-2)19(3)12-15-4-7-22-13-15;/h14-15H,4-13H2,1-3H3,(H,17,18);1H. The lowest BCUT2D eigenvalue weighted by atomic mass is 10.1. The molecule has 2 unspecified atom stereocenters. The van der Waals surface area contributed by atoms with Gasteiger partial charge < -0.3 is 19.7 Å². The Morgan fingerprint density at radius 2 is 2.04 bits per heavy atom. The average Bonchev–Trinajstić information content (AvgIpc) is 3.01. The fourth-order valence-corrected chi connectivity index (χ4v) is 3.14. The van der Waals surface area contributed by atoms with Crippen LogP contribution in [0.5, 0.6) is 0 Å². The van der Waals surface area contributed by atoms with Crippen LogP contribution in [0.25, 0.3) is 0 Å². The van der Waals surface area contributed by atoms with Crippen LogP contribution in [0.2, 0.25) is 0 Å². The Bertz CT molecular complexity index is 345. The van der Waals surface area contributed by atoms with Gasteiger partial charge in [-0.05, 0) is 12.3 Å². The van der Waals surface area contributed by atoms with E-state index in [4.69, 9.17) is 9.47 Å². The largest absolute Gasteiger partial charge is 0.381 e. The van der Waals surface area contributed by atoms with Gasteiger partial charge >= 0.3 is 0 Å². The first-order valence-electron chi connectivity index (χ1n) is 8.48. The normalized spacial score (nSPS) is 24.1. The molecule has 6 nitrogen and oxygen atoms in total. The highest BCUT2D eigenvalue weighted by Crippen LogP contribution is 2.13. The van der Waals surface area contributed by atoms with Crippen molar-refractivity contribution in [2.24, 2.45) is 16.8 Å². The van der Waals surface area contributed by atoms with Gasteiger partial charge in [-0.3, -0.25) is 9.89 Å². The van der Waals surface area contributed by atoms with E-state index in [1.807, 2.05) is 7.05 Å². The quantitative estimate of drug-likeness (QED) is 0.381. The molecule has 0 saturated carbocycles. The van der Waals surface area contributed by atoms with Crippen LogP contribution in [0.1, 0.15) is 13.3 Å². The second-order valence-corrected chi connectivity index (χ2v) is 6.56. The summed E-state index contributed by atoms with van der Waals surface area (Å²) in [6.07, 6.45) is 1.16. The van der Waals surface area contributed by atoms with E-state index >= 15 is 0 Å². The summed E-state index contributed by atoms with van der Waals surface area (Å²) in [5.41, 5.74) is 0. The zero-order chi connectivity index (χ0) is 15.8. The summed E-state index contributed by atoms with van der Waals surface area (Å²) in [5.74, 6) is 2.22. The van der Waals surface area contributed by atoms with Gasteiger partial charge in [-0.15, -0.1) is 24.0 Å². The van der Waals surface area contributed by atoms with Crippen LogP contribution in [-0.4, -0.2) is 89.0 Å². The number of morpholine rings is 1. The fraction of sp³-hybridized carbons (Fsp3) is 0.938. The summed E-state index contributed by atoms with van der Waals surface area (Å²) < 4.78 is 10.8. The van der Waals surface area contributed by atoms with Crippen molar-refractivity contribution >= 4 is 29.9 Å². The third kappa shape index (κ3) is 7.53. The number of aliphatic imine (C=N–C) groups is 1. The van der Waals surface area contributed by atoms with Gasteiger partial charge in [0, 0.05) is 59.3 Å². The molecule has 2 rings (SSSR count). The molecule has 2 atom stereocenters. The predicted molar refractivity (Wildman–Crippen MR) is 105 cm³/mol. The summed E-state index contributed by atoms with van der Waals surface area (Å²) in [5, 5.41) is 3.51. The van der Waals surface area contributed by atoms with E-state index < -0.39 is 0 Å². The van der Waals surface area contributed by atoms with Gasteiger partial charge in [-0.2, -0.15) is 0 Å². The molecular formula is C16H33IN4O2. The molecule has 0 aromatic heterocycles. The van der Waals surface area contributed by atoms with Crippen molar-refractivity contribution in [3.05, 3.63) is 0 Å². The highest BCUT2D eigenvalue weighted by atomic mass is 127. The number of halogens is 1. The van der Waals surface area contributed by atoms with E-state index in [1.54, 1.807) is 0 Å². The van der Waals surface area contributed by atoms with Gasteiger partial charge in [0.1, 0.15) is 0 Å². The van der Waals surface area contributed by atoms with E-state index in [0.29, 0.717) is 11.8 Å². The molecule has 23 heavy (non-hydrogen) atoms. The molecular weight excluding hydrogens is 407 g/mol. The number of nitrogens with one attached hydrogen (secondary N) is 1. The molecule has 2 aliphatic heterocycles. The van der Waals surface area contributed by atoms with Crippen molar-refractivity contribution in [3.8, 4) is 0 Å². The van der Waals surface area contributed by atoms with E-state index in [9.17, 15) is 0 Å². The molecule has 0 bridgehead atoms. The molecule has 0 amide bonds. The van der Waals surface area contributed by atoms with Crippen molar-refractivity contribution in [1.29, 1.82) is 0 Å². The lowest BCUT2D eigenvalue weighted by Crippen LogP contribution is -2.45. The van der Waals surface area contributed by atoms with Crippen molar-refractivity contribution in [1.82, 2.24) is 15.1 Å². The highest BCUT2D eigenvalue weighted by Gasteiger charge is 2.19. The number of ether oxygens (including phenoxy) is 2. The first kappa shape index (κ1) is 20.9. The summed E-state index contributed by atoms with van der Waals surface area (Å²) in [7, 11) is 3.97. The molecule has 0 radical (unpaired) electrons. The number of hydrogen-bond acceptors (Lipinski definition) is 4. The Morgan fingerprint density at radius 1 is 1.30 bits per heavy atom. The third-order valence-electron chi connectivity index (χ3n) is 4.41. The second-order valence-electron chi connectivity index (χ2n) is 6.56. The Hall–Kier alpha value is -0.120. The molecule has 2 saturated heterocycles. The monoisotopic (exact) mass is 440 g/mol. The van der Waals surface area contributed by atoms with E-state index in [0.717, 1.165) is 71.5 Å². The number of guanidine groups is 1. The molecule has 0 spiro atoms. The van der Waals surface area contributed by atoms with E-state index in [-0.39, 0.29) is 24.0 Å². The van der Waals surface area contributed by atoms with Crippen LogP contribution in [-0.2, 0) is 9.47 Å². The van der Waals surface area contributed by atoms with Crippen LogP contribution in [0.3, 0.4) is 0 Å². The molecule has 2 aliphatic rings. The number of hydrogen-bond donors (Lipinski definition) is 1. The van der Waals surface area contributed by atoms with Gasteiger partial charge in [-0.25, -0.2) is 0 Å². The molecule has 1 N–H and O–H groups in total. The molecule has 136 valence electrons. The molecule has 7 heteroatoms. The van der Waals surface area contributed by atoms with E-state index in [2.05, 4.69) is 34.1 Å². The number of rotatable bonds is 6. The minimum absolute atomic E-state index is 0. The van der Waals surface area contributed by atoms with Gasteiger partial charge in [0.25, 0.3) is 0 Å². The maximum atomic E-state index is 5.45. The van der Waals surface area contributed by atoms with Crippen molar-refractivity contribution in [3.63, 3.8) is 0 Å². The highest BCUT2D eigenvalue weighted by molar-refractivity contribution is 14.0. The van der Waals surface area contributed by atoms with Crippen LogP contribution in [0.15, 0.2) is 4.99 Å². The van der Waals surface area contributed by atoms with E-state index in [1.165, 1.54) is 0 Å². The smallest absolute Gasteiger partial charge is 0.193 e. The lowest BCUT2D eigenvalue weighted by molar-refractivity contribution is 0.0320. The summed E-state index contributed by atoms with van der Waals surface area (Å²) in [6, 6.07) is 0. The topological polar surface area (TPSA) is 49.3 Å². The summed E-state index contributed by atoms with van der Waals surface area (Å²) in [6.45, 7) is 11.0. The minimum Gasteiger partial charge on any atom is -0.381 e. The molecule has 0 aromatic rings. The van der Waals surface area contributed by atoms with Crippen LogP contribution < -0.4 is 5.32 Å².